The zero-order valence-electron chi connectivity index (χ0n) is 16.8. The molecule has 32 heavy (non-hydrogen) atoms. The molecule has 0 unspecified atom stereocenters. The second-order valence-corrected chi connectivity index (χ2v) is 13.6. The quantitative estimate of drug-likeness (QED) is 0.344. The number of sulfonamides is 2. The van der Waals surface area contributed by atoms with Gasteiger partial charge < -0.3 is 10.4 Å². The minimum atomic E-state index is -4.20. The second-order valence-electron chi connectivity index (χ2n) is 5.89. The van der Waals surface area contributed by atoms with Gasteiger partial charge in [-0.2, -0.15) is 0 Å². The highest BCUT2D eigenvalue weighted by atomic mass is 32.2. The Hall–Kier alpha value is -1.92. The maximum atomic E-state index is 11.6. The Balaban J connectivity index is 0.000000320. The van der Waals surface area contributed by atoms with E-state index in [4.69, 9.17) is 10.4 Å². The van der Waals surface area contributed by atoms with Gasteiger partial charge in [0.1, 0.15) is 9.79 Å². The zero-order valence-corrected chi connectivity index (χ0v) is 20.1. The molecule has 12 nitrogen and oxygen atoms in total. The highest BCUT2D eigenvalue weighted by Gasteiger charge is 2.25. The van der Waals surface area contributed by atoms with Gasteiger partial charge in [0.25, 0.3) is 20.0 Å². The molecule has 0 radical (unpaired) electrons. The summed E-state index contributed by atoms with van der Waals surface area (Å²) in [5, 5.41) is 17.0. The first kappa shape index (κ1) is 28.1. The van der Waals surface area contributed by atoms with Crippen molar-refractivity contribution in [3.05, 3.63) is 48.5 Å². The van der Waals surface area contributed by atoms with Gasteiger partial charge in [0.05, 0.1) is 21.3 Å². The first-order valence-electron chi connectivity index (χ1n) is 8.65. The van der Waals surface area contributed by atoms with Crippen molar-refractivity contribution in [3.63, 3.8) is 0 Å². The maximum absolute atomic E-state index is 11.6. The molecular weight excluding hydrogens is 508 g/mol. The molecule has 0 atom stereocenters. The fraction of sp³-hybridized carbons (Fsp3) is 0.250. The van der Waals surface area contributed by atoms with Crippen LogP contribution in [0.3, 0.4) is 0 Å². The summed E-state index contributed by atoms with van der Waals surface area (Å²) in [4.78, 5) is 0.645. The Morgan fingerprint density at radius 2 is 0.812 bits per heavy atom. The van der Waals surface area contributed by atoms with Crippen molar-refractivity contribution in [3.8, 4) is 0 Å². The predicted molar refractivity (Wildman–Crippen MR) is 113 cm³/mol. The molecule has 0 bridgehead atoms. The molecule has 16 heteroatoms. The number of hydrogen-bond donors (Lipinski definition) is 4. The van der Waals surface area contributed by atoms with Gasteiger partial charge in [0.2, 0.25) is 0 Å². The van der Waals surface area contributed by atoms with Gasteiger partial charge in [-0.05, 0) is 24.3 Å². The van der Waals surface area contributed by atoms with Gasteiger partial charge in [0, 0.05) is 0 Å². The van der Waals surface area contributed by atoms with Gasteiger partial charge in [-0.25, -0.2) is 33.7 Å². The average molecular weight is 531 g/mol. The lowest BCUT2D eigenvalue weighted by Crippen LogP contribution is -2.22. The summed E-state index contributed by atoms with van der Waals surface area (Å²) in [5.41, 5.74) is 0. The van der Waals surface area contributed by atoms with E-state index in [0.29, 0.717) is 0 Å². The molecule has 2 rings (SSSR count). The lowest BCUT2D eigenvalue weighted by Gasteiger charge is -2.08. The van der Waals surface area contributed by atoms with Crippen molar-refractivity contribution in [2.75, 3.05) is 11.5 Å². The smallest absolute Gasteiger partial charge is 0.263 e. The largest absolute Gasteiger partial charge is 0.302 e. The van der Waals surface area contributed by atoms with Crippen LogP contribution >= 0.6 is 0 Å². The van der Waals surface area contributed by atoms with Crippen LogP contribution in [0.2, 0.25) is 0 Å². The summed E-state index contributed by atoms with van der Waals surface area (Å²) in [6.45, 7) is 2.82. The molecule has 180 valence electrons. The number of benzene rings is 2. The minimum absolute atomic E-state index is 0.217. The molecule has 4 N–H and O–H groups in total. The number of rotatable bonds is 8. The number of sulfone groups is 2. The molecule has 0 spiro atoms. The van der Waals surface area contributed by atoms with Crippen molar-refractivity contribution < 1.29 is 44.1 Å². The normalized spacial score (nSPS) is 12.6. The first-order valence-corrected chi connectivity index (χ1v) is 14.9. The van der Waals surface area contributed by atoms with Crippen LogP contribution in [-0.4, -0.2) is 55.6 Å². The summed E-state index contributed by atoms with van der Waals surface area (Å²) >= 11 is 0. The molecule has 0 saturated carbocycles. The molecule has 0 amide bonds. The van der Waals surface area contributed by atoms with Crippen molar-refractivity contribution in [1.29, 1.82) is 0 Å². The molecule has 0 aliphatic rings. The average Bonchev–Trinajstić information content (AvgIpc) is 2.79. The molecule has 0 saturated heterocycles. The zero-order chi connectivity index (χ0) is 24.8. The Morgan fingerprint density at radius 3 is 1.03 bits per heavy atom. The molecule has 0 aliphatic carbocycles. The lowest BCUT2D eigenvalue weighted by molar-refractivity contribution is 0.242. The van der Waals surface area contributed by atoms with Crippen molar-refractivity contribution in [2.24, 2.45) is 0 Å². The first-order chi connectivity index (χ1) is 14.7. The van der Waals surface area contributed by atoms with E-state index in [0.717, 1.165) is 21.9 Å². The second kappa shape index (κ2) is 10.8. The van der Waals surface area contributed by atoms with Crippen molar-refractivity contribution >= 4 is 39.7 Å². The van der Waals surface area contributed by atoms with Crippen LogP contribution in [0.4, 0.5) is 0 Å². The van der Waals surface area contributed by atoms with Gasteiger partial charge in [0.15, 0.2) is 19.7 Å². The number of nitrogens with one attached hydrogen (secondary N) is 2. The Kier molecular flexibility index (Phi) is 9.49. The van der Waals surface area contributed by atoms with E-state index >= 15 is 0 Å². The molecule has 0 fully saturated rings. The molecule has 2 aromatic carbocycles. The third-order valence-corrected chi connectivity index (χ3v) is 10.1. The van der Waals surface area contributed by atoms with Crippen LogP contribution in [0.5, 0.6) is 0 Å². The summed E-state index contributed by atoms with van der Waals surface area (Å²) in [6, 6.07) is 10.2. The molecule has 0 aliphatic heterocycles. The summed E-state index contributed by atoms with van der Waals surface area (Å²) in [6.07, 6.45) is 0. The monoisotopic (exact) mass is 530 g/mol. The fourth-order valence-electron chi connectivity index (χ4n) is 2.27. The molecular formula is C16H22N2O10S4. The maximum Gasteiger partial charge on any atom is 0.263 e. The van der Waals surface area contributed by atoms with Crippen LogP contribution in [0.15, 0.2) is 68.1 Å². The number of hydrogen-bond acceptors (Lipinski definition) is 10. The topological polar surface area (TPSA) is 201 Å². The standard InChI is InChI=1S/2C8H11NO5S2/c2*1-2-15(11,12)7-5-3-4-6-8(7)16(13,14)9-10/h2*3-6,9-10H,2H2,1H3. The van der Waals surface area contributed by atoms with E-state index in [9.17, 15) is 33.7 Å². The minimum Gasteiger partial charge on any atom is -0.302 e. The molecule has 2 aromatic rings. The van der Waals surface area contributed by atoms with Crippen LogP contribution in [0.1, 0.15) is 13.8 Å². The summed E-state index contributed by atoms with van der Waals surface area (Å²) in [5.74, 6) is -0.435. The van der Waals surface area contributed by atoms with Crippen molar-refractivity contribution in [1.82, 2.24) is 9.77 Å². The Morgan fingerprint density at radius 1 is 0.562 bits per heavy atom. The van der Waals surface area contributed by atoms with E-state index in [1.807, 2.05) is 0 Å². The van der Waals surface area contributed by atoms with E-state index < -0.39 is 49.5 Å². The van der Waals surface area contributed by atoms with Crippen molar-refractivity contribution in [2.45, 2.75) is 33.4 Å². The highest BCUT2D eigenvalue weighted by Crippen LogP contribution is 2.22. The Bertz CT molecular complexity index is 1150. The van der Waals surface area contributed by atoms with E-state index in [1.54, 1.807) is 0 Å². The molecule has 0 aromatic heterocycles. The van der Waals surface area contributed by atoms with E-state index in [-0.39, 0.29) is 21.3 Å². The van der Waals surface area contributed by atoms with Gasteiger partial charge >= 0.3 is 0 Å². The third-order valence-electron chi connectivity index (χ3n) is 3.95. The lowest BCUT2D eigenvalue weighted by atomic mass is 10.4. The van der Waals surface area contributed by atoms with Gasteiger partial charge in [-0.3, -0.25) is 0 Å². The van der Waals surface area contributed by atoms with Gasteiger partial charge in [-0.1, -0.05) is 47.9 Å². The van der Waals surface area contributed by atoms with Crippen LogP contribution < -0.4 is 9.77 Å². The van der Waals surface area contributed by atoms with Crippen LogP contribution in [0, 0.1) is 0 Å². The van der Waals surface area contributed by atoms with Crippen LogP contribution in [0.25, 0.3) is 0 Å². The van der Waals surface area contributed by atoms with Crippen LogP contribution in [-0.2, 0) is 39.7 Å². The Labute approximate surface area is 186 Å². The fourth-order valence-corrected chi connectivity index (χ4v) is 7.01. The van der Waals surface area contributed by atoms with E-state index in [1.165, 1.54) is 50.2 Å². The third kappa shape index (κ3) is 6.55. The highest BCUT2D eigenvalue weighted by molar-refractivity contribution is 7.94. The van der Waals surface area contributed by atoms with E-state index in [2.05, 4.69) is 0 Å². The predicted octanol–water partition coefficient (Wildman–Crippen LogP) is 0.295. The molecule has 0 heterocycles. The summed E-state index contributed by atoms with van der Waals surface area (Å²) in [7, 11) is -15.7. The van der Waals surface area contributed by atoms with Gasteiger partial charge in [-0.15, -0.1) is 0 Å². The summed E-state index contributed by atoms with van der Waals surface area (Å²) < 4.78 is 91.9. The SMILES string of the molecule is CCS(=O)(=O)c1ccccc1S(=O)(=O)NO.CCS(=O)(=O)c1ccccc1S(=O)(=O)NO.